The summed E-state index contributed by atoms with van der Waals surface area (Å²) in [5.74, 6) is -3.86. The predicted molar refractivity (Wildman–Crippen MR) is 104 cm³/mol. The van der Waals surface area contributed by atoms with E-state index in [4.69, 9.17) is 10.2 Å². The van der Waals surface area contributed by atoms with Crippen LogP contribution in [0.1, 0.15) is 44.2 Å². The van der Waals surface area contributed by atoms with Crippen LogP contribution < -0.4 is 5.32 Å². The molecule has 12 nitrogen and oxygen atoms in total. The van der Waals surface area contributed by atoms with E-state index in [9.17, 15) is 28.7 Å². The number of carbonyl (C=O) groups is 4. The molecule has 0 saturated heterocycles. The van der Waals surface area contributed by atoms with E-state index in [1.54, 1.807) is 10.9 Å². The lowest BCUT2D eigenvalue weighted by molar-refractivity contribution is -0.142. The topological polar surface area (TPSA) is 175 Å². The van der Waals surface area contributed by atoms with E-state index in [0.717, 1.165) is 4.90 Å². The van der Waals surface area contributed by atoms with Crippen LogP contribution in [0.3, 0.4) is 0 Å². The Morgan fingerprint density at radius 2 is 1.84 bits per heavy atom. The summed E-state index contributed by atoms with van der Waals surface area (Å²) in [4.78, 5) is 46.6. The van der Waals surface area contributed by atoms with E-state index in [2.05, 4.69) is 15.6 Å². The predicted octanol–water partition coefficient (Wildman–Crippen LogP) is 0.763. The van der Waals surface area contributed by atoms with Crippen molar-refractivity contribution in [3.05, 3.63) is 11.9 Å². The number of aliphatic carboxylic acids is 3. The minimum Gasteiger partial charge on any atom is -0.481 e. The molecular weight excluding hydrogens is 417 g/mol. The quantitative estimate of drug-likeness (QED) is 0.284. The number of carboxylic acids is 3. The van der Waals surface area contributed by atoms with Crippen LogP contribution in [0.4, 0.5) is 9.18 Å². The molecule has 1 heterocycles. The summed E-state index contributed by atoms with van der Waals surface area (Å²) in [6, 6.07) is -3.55. The largest absolute Gasteiger partial charge is 0.481 e. The maximum Gasteiger partial charge on any atom is 0.326 e. The van der Waals surface area contributed by atoms with Crippen LogP contribution in [0, 0.1) is 0 Å². The average Bonchev–Trinajstić information content (AvgIpc) is 3.15. The number of aromatic nitrogens is 3. The fourth-order valence-electron chi connectivity index (χ4n) is 2.82. The lowest BCUT2D eigenvalue weighted by Gasteiger charge is -2.26. The molecule has 174 valence electrons. The van der Waals surface area contributed by atoms with Crippen molar-refractivity contribution >= 4 is 23.9 Å². The highest BCUT2D eigenvalue weighted by Gasteiger charge is 2.29. The molecule has 0 unspecified atom stereocenters. The lowest BCUT2D eigenvalue weighted by Crippen LogP contribution is -2.52. The Hall–Kier alpha value is -3.25. The second-order valence-electron chi connectivity index (χ2n) is 7.00. The first-order chi connectivity index (χ1) is 14.6. The summed E-state index contributed by atoms with van der Waals surface area (Å²) < 4.78 is 13.8. The number of amides is 2. The van der Waals surface area contributed by atoms with Gasteiger partial charge in [-0.05, 0) is 38.5 Å². The molecule has 0 aliphatic heterocycles. The van der Waals surface area contributed by atoms with Crippen molar-refractivity contribution in [1.82, 2.24) is 25.2 Å². The highest BCUT2D eigenvalue weighted by atomic mass is 19.1. The molecule has 13 heteroatoms. The Labute approximate surface area is 178 Å². The van der Waals surface area contributed by atoms with Gasteiger partial charge in [0.2, 0.25) is 0 Å². The molecular formula is C18H28FN5O7. The number of urea groups is 1. The van der Waals surface area contributed by atoms with Gasteiger partial charge in [-0.25, -0.2) is 14.4 Å². The number of unbranched alkanes of at least 4 members (excludes halogenated alkanes) is 1. The third-order valence-electron chi connectivity index (χ3n) is 4.58. The van der Waals surface area contributed by atoms with Crippen molar-refractivity contribution in [1.29, 1.82) is 0 Å². The van der Waals surface area contributed by atoms with Crippen LogP contribution in [0.5, 0.6) is 0 Å². The lowest BCUT2D eigenvalue weighted by atomic mass is 10.1. The summed E-state index contributed by atoms with van der Waals surface area (Å²) in [5, 5.41) is 37.2. The monoisotopic (exact) mass is 445 g/mol. The van der Waals surface area contributed by atoms with Crippen LogP contribution in [-0.4, -0.2) is 85.0 Å². The van der Waals surface area contributed by atoms with Gasteiger partial charge in [0.15, 0.2) is 0 Å². The first-order valence-electron chi connectivity index (χ1n) is 9.81. The van der Waals surface area contributed by atoms with Crippen LogP contribution in [0.2, 0.25) is 0 Å². The van der Waals surface area contributed by atoms with Gasteiger partial charge >= 0.3 is 23.9 Å². The molecule has 2 amide bonds. The van der Waals surface area contributed by atoms with Crippen molar-refractivity contribution in [2.75, 3.05) is 13.7 Å². The molecule has 1 aromatic rings. The van der Waals surface area contributed by atoms with Crippen LogP contribution in [-0.2, 0) is 27.3 Å². The van der Waals surface area contributed by atoms with Gasteiger partial charge in [-0.2, -0.15) is 0 Å². The van der Waals surface area contributed by atoms with Crippen molar-refractivity contribution in [2.24, 2.45) is 0 Å². The fraction of sp³-hybridized carbons (Fsp3) is 0.667. The number of hydrogen-bond acceptors (Lipinski definition) is 6. The zero-order chi connectivity index (χ0) is 23.4. The van der Waals surface area contributed by atoms with Gasteiger partial charge in [-0.15, -0.1) is 5.10 Å². The number of aryl methyl sites for hydroxylation is 2. The molecule has 0 fully saturated rings. The Balaban J connectivity index is 2.54. The van der Waals surface area contributed by atoms with Crippen LogP contribution >= 0.6 is 0 Å². The van der Waals surface area contributed by atoms with Gasteiger partial charge in [-0.3, -0.25) is 13.9 Å². The SMILES string of the molecule is CN(C(=O)N[C@@H](CCC(=O)O)C(=O)O)[C@@H](CCCCn1cc(CCCF)nn1)C(=O)O. The zero-order valence-corrected chi connectivity index (χ0v) is 17.2. The van der Waals surface area contributed by atoms with E-state index in [1.807, 2.05) is 0 Å². The van der Waals surface area contributed by atoms with Crippen molar-refractivity contribution in [3.8, 4) is 0 Å². The third-order valence-corrected chi connectivity index (χ3v) is 4.58. The Bertz CT molecular complexity index is 757. The highest BCUT2D eigenvalue weighted by molar-refractivity contribution is 5.86. The summed E-state index contributed by atoms with van der Waals surface area (Å²) in [5.41, 5.74) is 0.674. The number of hydrogen-bond donors (Lipinski definition) is 4. The van der Waals surface area contributed by atoms with Crippen molar-refractivity contribution in [2.45, 2.75) is 63.6 Å². The van der Waals surface area contributed by atoms with E-state index in [0.29, 0.717) is 37.9 Å². The number of halogens is 1. The fourth-order valence-corrected chi connectivity index (χ4v) is 2.82. The Morgan fingerprint density at radius 1 is 1.13 bits per heavy atom. The average molecular weight is 445 g/mol. The van der Waals surface area contributed by atoms with E-state index in [-0.39, 0.29) is 12.8 Å². The van der Waals surface area contributed by atoms with Gasteiger partial charge in [0.1, 0.15) is 12.1 Å². The number of carboxylic acid groups (broad SMARTS) is 3. The second kappa shape index (κ2) is 13.1. The third kappa shape index (κ3) is 9.40. The molecule has 31 heavy (non-hydrogen) atoms. The van der Waals surface area contributed by atoms with Crippen LogP contribution in [0.15, 0.2) is 6.20 Å². The van der Waals surface area contributed by atoms with E-state index in [1.165, 1.54) is 7.05 Å². The summed E-state index contributed by atoms with van der Waals surface area (Å²) in [6.07, 6.45) is 2.89. The molecule has 2 atom stereocenters. The minimum absolute atomic E-state index is 0.121. The number of alkyl halides is 1. The zero-order valence-electron chi connectivity index (χ0n) is 17.2. The van der Waals surface area contributed by atoms with Crippen LogP contribution in [0.25, 0.3) is 0 Å². The van der Waals surface area contributed by atoms with Crippen molar-refractivity contribution < 1.29 is 38.9 Å². The molecule has 0 aliphatic rings. The van der Waals surface area contributed by atoms with Gasteiger partial charge in [0.05, 0.1) is 12.4 Å². The number of rotatable bonds is 15. The van der Waals surface area contributed by atoms with E-state index >= 15 is 0 Å². The highest BCUT2D eigenvalue weighted by Crippen LogP contribution is 2.11. The molecule has 1 rings (SSSR count). The molecule has 0 aliphatic carbocycles. The second-order valence-corrected chi connectivity index (χ2v) is 7.00. The van der Waals surface area contributed by atoms with Gasteiger partial charge in [0.25, 0.3) is 0 Å². The number of nitrogens with zero attached hydrogens (tertiary/aromatic N) is 4. The molecule has 0 radical (unpaired) electrons. The Morgan fingerprint density at radius 3 is 2.42 bits per heavy atom. The normalized spacial score (nSPS) is 12.7. The number of likely N-dealkylation sites (N-methyl/N-ethyl adjacent to an activating group) is 1. The summed E-state index contributed by atoms with van der Waals surface area (Å²) in [7, 11) is 1.23. The number of carbonyl (C=O) groups excluding carboxylic acids is 1. The van der Waals surface area contributed by atoms with Crippen molar-refractivity contribution in [3.63, 3.8) is 0 Å². The minimum atomic E-state index is -1.44. The summed E-state index contributed by atoms with van der Waals surface area (Å²) >= 11 is 0. The first-order valence-corrected chi connectivity index (χ1v) is 9.81. The molecule has 0 aromatic carbocycles. The molecule has 4 N–H and O–H groups in total. The number of nitrogens with one attached hydrogen (secondary N) is 1. The van der Waals surface area contributed by atoms with E-state index < -0.39 is 49.1 Å². The Kier molecular flexibility index (Phi) is 10.9. The van der Waals surface area contributed by atoms with Gasteiger partial charge < -0.3 is 25.5 Å². The van der Waals surface area contributed by atoms with Gasteiger partial charge in [0, 0.05) is 26.2 Å². The maximum absolute atomic E-state index is 12.3. The maximum atomic E-state index is 12.3. The molecule has 0 saturated carbocycles. The smallest absolute Gasteiger partial charge is 0.326 e. The standard InChI is InChI=1S/C18H28FN5O7/c1-23(18(31)20-13(16(27)28)7-8-15(25)26)14(17(29)30)6-2-3-10-24-11-12(21-22-24)5-4-9-19/h11,13-14H,2-10H2,1H3,(H,20,31)(H,25,26)(H,27,28)(H,29,30)/t13-,14-/m0/s1. The summed E-state index contributed by atoms with van der Waals surface area (Å²) in [6.45, 7) is 0.0401. The first kappa shape index (κ1) is 25.8. The molecule has 0 bridgehead atoms. The molecule has 0 spiro atoms. The molecule has 1 aromatic heterocycles. The van der Waals surface area contributed by atoms with Gasteiger partial charge in [-0.1, -0.05) is 5.21 Å².